The highest BCUT2D eigenvalue weighted by Crippen LogP contribution is 2.04. The van der Waals surface area contributed by atoms with Crippen LogP contribution in [-0.4, -0.2) is 14.8 Å². The Bertz CT molecular complexity index is 447. The van der Waals surface area contributed by atoms with E-state index >= 15 is 0 Å². The van der Waals surface area contributed by atoms with Gasteiger partial charge in [0.2, 0.25) is 0 Å². The van der Waals surface area contributed by atoms with Crippen LogP contribution in [0.25, 0.3) is 0 Å². The average Bonchev–Trinajstić information content (AvgIpc) is 2.69. The monoisotopic (exact) mass is 216 g/mol. The highest BCUT2D eigenvalue weighted by atomic mass is 15.3. The molecule has 1 aromatic heterocycles. The van der Waals surface area contributed by atoms with E-state index in [4.69, 9.17) is 5.73 Å². The van der Waals surface area contributed by atoms with E-state index in [1.165, 1.54) is 5.56 Å². The summed E-state index contributed by atoms with van der Waals surface area (Å²) in [6, 6.07) is 10.4. The molecule has 2 aromatic rings. The molecule has 0 fully saturated rings. The Morgan fingerprint density at radius 1 is 1.19 bits per heavy atom. The van der Waals surface area contributed by atoms with Gasteiger partial charge in [0.25, 0.3) is 0 Å². The van der Waals surface area contributed by atoms with Crippen molar-refractivity contribution in [2.45, 2.75) is 19.4 Å². The molecule has 0 amide bonds. The molecule has 4 heteroatoms. The number of nitrogens with two attached hydrogens (primary N) is 1. The Labute approximate surface area is 95.1 Å². The van der Waals surface area contributed by atoms with Crippen molar-refractivity contribution in [3.8, 4) is 0 Å². The van der Waals surface area contributed by atoms with E-state index in [0.717, 1.165) is 24.5 Å². The summed E-state index contributed by atoms with van der Waals surface area (Å²) in [4.78, 5) is 4.37. The molecule has 16 heavy (non-hydrogen) atoms. The molecule has 0 saturated carbocycles. The maximum Gasteiger partial charge on any atom is 0.151 e. The molecular weight excluding hydrogens is 200 g/mol. The van der Waals surface area contributed by atoms with Crippen LogP contribution < -0.4 is 5.73 Å². The normalized spacial score (nSPS) is 10.6. The molecule has 2 N–H and O–H groups in total. The summed E-state index contributed by atoms with van der Waals surface area (Å²) < 4.78 is 1.75. The molecule has 1 heterocycles. The van der Waals surface area contributed by atoms with Crippen molar-refractivity contribution in [1.82, 2.24) is 14.8 Å². The quantitative estimate of drug-likeness (QED) is 0.831. The summed E-state index contributed by atoms with van der Waals surface area (Å²) in [5, 5.41) is 4.32. The zero-order chi connectivity index (χ0) is 11.4. The van der Waals surface area contributed by atoms with E-state index in [1.807, 2.05) is 25.2 Å². The minimum atomic E-state index is 0.439. The SMILES string of the molecule is Cn1nc(CCc2ccccc2)nc1CN. The van der Waals surface area contributed by atoms with Gasteiger partial charge in [0.15, 0.2) is 5.82 Å². The van der Waals surface area contributed by atoms with Crippen molar-refractivity contribution in [2.24, 2.45) is 12.8 Å². The van der Waals surface area contributed by atoms with Gasteiger partial charge in [-0.05, 0) is 12.0 Å². The van der Waals surface area contributed by atoms with Gasteiger partial charge in [0, 0.05) is 13.5 Å². The Morgan fingerprint density at radius 2 is 1.94 bits per heavy atom. The van der Waals surface area contributed by atoms with Crippen molar-refractivity contribution in [2.75, 3.05) is 0 Å². The molecule has 0 unspecified atom stereocenters. The van der Waals surface area contributed by atoms with Crippen LogP contribution in [0.1, 0.15) is 17.2 Å². The van der Waals surface area contributed by atoms with Crippen molar-refractivity contribution in [1.29, 1.82) is 0 Å². The van der Waals surface area contributed by atoms with Gasteiger partial charge in [-0.2, -0.15) is 5.10 Å². The standard InChI is InChI=1S/C12H16N4/c1-16-12(9-13)14-11(15-16)8-7-10-5-3-2-4-6-10/h2-6H,7-9,13H2,1H3. The fourth-order valence-electron chi connectivity index (χ4n) is 1.66. The van der Waals surface area contributed by atoms with Gasteiger partial charge < -0.3 is 5.73 Å². The first kappa shape index (κ1) is 10.8. The molecule has 0 aliphatic rings. The van der Waals surface area contributed by atoms with Gasteiger partial charge in [0.1, 0.15) is 5.82 Å². The summed E-state index contributed by atoms with van der Waals surface area (Å²) in [5.74, 6) is 1.70. The molecule has 0 saturated heterocycles. The highest BCUT2D eigenvalue weighted by Gasteiger charge is 2.05. The Balaban J connectivity index is 2.00. The Morgan fingerprint density at radius 3 is 2.56 bits per heavy atom. The maximum atomic E-state index is 5.55. The lowest BCUT2D eigenvalue weighted by molar-refractivity contribution is 0.692. The molecule has 0 spiro atoms. The first-order chi connectivity index (χ1) is 7.79. The number of aromatic nitrogens is 3. The fourth-order valence-corrected chi connectivity index (χ4v) is 1.66. The number of hydrogen-bond acceptors (Lipinski definition) is 3. The molecule has 2 rings (SSSR count). The largest absolute Gasteiger partial charge is 0.324 e. The van der Waals surface area contributed by atoms with E-state index in [2.05, 4.69) is 22.2 Å². The fraction of sp³-hybridized carbons (Fsp3) is 0.333. The van der Waals surface area contributed by atoms with E-state index in [0.29, 0.717) is 6.54 Å². The third-order valence-corrected chi connectivity index (χ3v) is 2.56. The van der Waals surface area contributed by atoms with Gasteiger partial charge in [-0.1, -0.05) is 30.3 Å². The molecular formula is C12H16N4. The van der Waals surface area contributed by atoms with Gasteiger partial charge in [0.05, 0.1) is 6.54 Å². The van der Waals surface area contributed by atoms with Crippen molar-refractivity contribution < 1.29 is 0 Å². The molecule has 1 aromatic carbocycles. The van der Waals surface area contributed by atoms with Gasteiger partial charge in [-0.25, -0.2) is 4.98 Å². The highest BCUT2D eigenvalue weighted by molar-refractivity contribution is 5.15. The van der Waals surface area contributed by atoms with Crippen LogP contribution in [-0.2, 0) is 26.4 Å². The third kappa shape index (κ3) is 2.46. The number of nitrogens with zero attached hydrogens (tertiary/aromatic N) is 3. The summed E-state index contributed by atoms with van der Waals surface area (Å²) in [5.41, 5.74) is 6.86. The lowest BCUT2D eigenvalue weighted by atomic mass is 10.1. The van der Waals surface area contributed by atoms with Crippen molar-refractivity contribution in [3.05, 3.63) is 47.5 Å². The minimum Gasteiger partial charge on any atom is -0.324 e. The summed E-state index contributed by atoms with van der Waals surface area (Å²) in [6.45, 7) is 0.439. The second kappa shape index (κ2) is 4.90. The maximum absolute atomic E-state index is 5.55. The molecule has 0 aliphatic heterocycles. The molecule has 84 valence electrons. The molecule has 0 aliphatic carbocycles. The van der Waals surface area contributed by atoms with Crippen LogP contribution in [0.5, 0.6) is 0 Å². The molecule has 0 atom stereocenters. The lowest BCUT2D eigenvalue weighted by Crippen LogP contribution is -2.05. The minimum absolute atomic E-state index is 0.439. The Hall–Kier alpha value is -1.68. The zero-order valence-electron chi connectivity index (χ0n) is 9.43. The van der Waals surface area contributed by atoms with Crippen molar-refractivity contribution in [3.63, 3.8) is 0 Å². The Kier molecular flexibility index (Phi) is 3.31. The molecule has 0 bridgehead atoms. The van der Waals surface area contributed by atoms with E-state index < -0.39 is 0 Å². The van der Waals surface area contributed by atoms with Crippen LogP contribution in [0.4, 0.5) is 0 Å². The summed E-state index contributed by atoms with van der Waals surface area (Å²) in [6.07, 6.45) is 1.83. The van der Waals surface area contributed by atoms with E-state index in [1.54, 1.807) is 4.68 Å². The number of aryl methyl sites for hydroxylation is 3. The van der Waals surface area contributed by atoms with Crippen LogP contribution in [0.3, 0.4) is 0 Å². The van der Waals surface area contributed by atoms with E-state index in [9.17, 15) is 0 Å². The molecule has 0 radical (unpaired) electrons. The van der Waals surface area contributed by atoms with Crippen LogP contribution in [0, 0.1) is 0 Å². The zero-order valence-corrected chi connectivity index (χ0v) is 9.43. The number of benzene rings is 1. The van der Waals surface area contributed by atoms with Gasteiger partial charge in [-0.15, -0.1) is 0 Å². The van der Waals surface area contributed by atoms with Crippen LogP contribution in [0.15, 0.2) is 30.3 Å². The second-order valence-corrected chi connectivity index (χ2v) is 3.76. The smallest absolute Gasteiger partial charge is 0.151 e. The average molecular weight is 216 g/mol. The number of rotatable bonds is 4. The topological polar surface area (TPSA) is 56.7 Å². The predicted octanol–water partition coefficient (Wildman–Crippen LogP) is 1.06. The first-order valence-corrected chi connectivity index (χ1v) is 5.42. The predicted molar refractivity (Wildman–Crippen MR) is 62.7 cm³/mol. The van der Waals surface area contributed by atoms with Crippen LogP contribution >= 0.6 is 0 Å². The lowest BCUT2D eigenvalue weighted by Gasteiger charge is -1.96. The first-order valence-electron chi connectivity index (χ1n) is 5.42. The summed E-state index contributed by atoms with van der Waals surface area (Å²) >= 11 is 0. The molecule has 4 nitrogen and oxygen atoms in total. The van der Waals surface area contributed by atoms with Gasteiger partial charge in [-0.3, -0.25) is 4.68 Å². The third-order valence-electron chi connectivity index (χ3n) is 2.56. The number of hydrogen-bond donors (Lipinski definition) is 1. The van der Waals surface area contributed by atoms with Gasteiger partial charge >= 0.3 is 0 Å². The van der Waals surface area contributed by atoms with E-state index in [-0.39, 0.29) is 0 Å². The second-order valence-electron chi connectivity index (χ2n) is 3.76. The van der Waals surface area contributed by atoms with Crippen LogP contribution in [0.2, 0.25) is 0 Å². The summed E-state index contributed by atoms with van der Waals surface area (Å²) in [7, 11) is 1.88. The van der Waals surface area contributed by atoms with Crippen molar-refractivity contribution >= 4 is 0 Å².